The third kappa shape index (κ3) is 4.61. The van der Waals surface area contributed by atoms with E-state index in [0.717, 1.165) is 6.42 Å². The van der Waals surface area contributed by atoms with E-state index < -0.39 is 0 Å². The summed E-state index contributed by atoms with van der Waals surface area (Å²) in [5.41, 5.74) is 2.48. The minimum Gasteiger partial charge on any atom is -0.396 e. The van der Waals surface area contributed by atoms with Gasteiger partial charge < -0.3 is 10.0 Å². The van der Waals surface area contributed by atoms with Crippen LogP contribution in [0.15, 0.2) is 60.7 Å². The highest BCUT2D eigenvalue weighted by molar-refractivity contribution is 5.48. The van der Waals surface area contributed by atoms with Gasteiger partial charge in [-0.15, -0.1) is 0 Å². The molecule has 0 aliphatic rings. The molecule has 0 aliphatic heterocycles. The van der Waals surface area contributed by atoms with E-state index in [9.17, 15) is 5.11 Å². The summed E-state index contributed by atoms with van der Waals surface area (Å²) in [4.78, 5) is 2.51. The first-order valence-corrected chi connectivity index (χ1v) is 9.03. The summed E-state index contributed by atoms with van der Waals surface area (Å²) in [7, 11) is 0. The Morgan fingerprint density at radius 3 is 1.83 bits per heavy atom. The van der Waals surface area contributed by atoms with Gasteiger partial charge in [0.25, 0.3) is 0 Å². The second-order valence-electron chi connectivity index (χ2n) is 7.17. The summed E-state index contributed by atoms with van der Waals surface area (Å²) in [5, 5.41) is 9.98. The number of hydrogen-bond acceptors (Lipinski definition) is 2. The van der Waals surface area contributed by atoms with Crippen molar-refractivity contribution in [1.29, 1.82) is 0 Å². The number of nitrogens with zero attached hydrogens (tertiary/aromatic N) is 1. The zero-order valence-electron chi connectivity index (χ0n) is 15.4. The molecule has 0 heterocycles. The van der Waals surface area contributed by atoms with Gasteiger partial charge in [0.05, 0.1) is 6.61 Å². The van der Waals surface area contributed by atoms with Crippen LogP contribution in [0.25, 0.3) is 0 Å². The van der Waals surface area contributed by atoms with Crippen molar-refractivity contribution >= 4 is 5.69 Å². The maximum Gasteiger partial charge on any atom is 0.0500 e. The first-order valence-electron chi connectivity index (χ1n) is 9.03. The van der Waals surface area contributed by atoms with Crippen LogP contribution in [-0.4, -0.2) is 23.8 Å². The number of rotatable bonds is 8. The molecule has 0 saturated carbocycles. The van der Waals surface area contributed by atoms with Crippen LogP contribution in [-0.2, 0) is 0 Å². The SMILES string of the molecule is CC(C)C(CC(CO)c1ccccc1)N(c1ccccc1)C(C)C. The zero-order chi connectivity index (χ0) is 17.5. The van der Waals surface area contributed by atoms with Gasteiger partial charge in [-0.3, -0.25) is 0 Å². The smallest absolute Gasteiger partial charge is 0.0500 e. The lowest BCUT2D eigenvalue weighted by Gasteiger charge is -2.41. The van der Waals surface area contributed by atoms with Gasteiger partial charge in [-0.1, -0.05) is 62.4 Å². The van der Waals surface area contributed by atoms with Gasteiger partial charge >= 0.3 is 0 Å². The predicted molar refractivity (Wildman–Crippen MR) is 104 cm³/mol. The van der Waals surface area contributed by atoms with Gasteiger partial charge in [-0.2, -0.15) is 0 Å². The third-order valence-electron chi connectivity index (χ3n) is 4.75. The van der Waals surface area contributed by atoms with Crippen LogP contribution in [0.4, 0.5) is 5.69 Å². The number of aliphatic hydroxyl groups is 1. The van der Waals surface area contributed by atoms with E-state index in [-0.39, 0.29) is 12.5 Å². The molecule has 0 fully saturated rings. The van der Waals surface area contributed by atoms with Crippen LogP contribution < -0.4 is 4.90 Å². The minimum absolute atomic E-state index is 0.170. The van der Waals surface area contributed by atoms with Gasteiger partial charge in [0, 0.05) is 23.7 Å². The molecule has 2 aromatic rings. The van der Waals surface area contributed by atoms with E-state index in [2.05, 4.69) is 87.2 Å². The molecule has 1 N–H and O–H groups in total. The Hall–Kier alpha value is -1.80. The second-order valence-corrected chi connectivity index (χ2v) is 7.17. The minimum atomic E-state index is 0.170. The third-order valence-corrected chi connectivity index (χ3v) is 4.75. The quantitative estimate of drug-likeness (QED) is 0.730. The first-order chi connectivity index (χ1) is 11.5. The Morgan fingerprint density at radius 2 is 1.38 bits per heavy atom. The molecule has 0 spiro atoms. The number of aliphatic hydroxyl groups excluding tert-OH is 1. The molecule has 130 valence electrons. The molecule has 2 rings (SSSR count). The molecule has 0 aromatic heterocycles. The maximum atomic E-state index is 9.98. The van der Waals surface area contributed by atoms with Crippen LogP contribution in [0.2, 0.25) is 0 Å². The maximum absolute atomic E-state index is 9.98. The van der Waals surface area contributed by atoms with Crippen molar-refractivity contribution in [1.82, 2.24) is 0 Å². The number of anilines is 1. The van der Waals surface area contributed by atoms with E-state index in [1.165, 1.54) is 11.3 Å². The summed E-state index contributed by atoms with van der Waals surface area (Å²) in [6, 6.07) is 21.8. The molecule has 0 radical (unpaired) electrons. The fraction of sp³-hybridized carbons (Fsp3) is 0.455. The van der Waals surface area contributed by atoms with E-state index in [1.807, 2.05) is 6.07 Å². The van der Waals surface area contributed by atoms with Crippen LogP contribution >= 0.6 is 0 Å². The molecule has 0 amide bonds. The van der Waals surface area contributed by atoms with Gasteiger partial charge in [-0.25, -0.2) is 0 Å². The van der Waals surface area contributed by atoms with Gasteiger partial charge in [0.15, 0.2) is 0 Å². The van der Waals surface area contributed by atoms with Crippen LogP contribution in [0.1, 0.15) is 45.6 Å². The van der Waals surface area contributed by atoms with Crippen LogP contribution in [0, 0.1) is 5.92 Å². The van der Waals surface area contributed by atoms with E-state index in [0.29, 0.717) is 18.0 Å². The van der Waals surface area contributed by atoms with Crippen LogP contribution in [0.3, 0.4) is 0 Å². The Bertz CT molecular complexity index is 579. The summed E-state index contributed by atoms with van der Waals surface area (Å²) in [6.07, 6.45) is 0.950. The topological polar surface area (TPSA) is 23.5 Å². The second kappa shape index (κ2) is 8.89. The molecule has 0 aliphatic carbocycles. The largest absolute Gasteiger partial charge is 0.396 e. The van der Waals surface area contributed by atoms with Gasteiger partial charge in [0.1, 0.15) is 0 Å². The van der Waals surface area contributed by atoms with Gasteiger partial charge in [-0.05, 0) is 43.9 Å². The summed E-state index contributed by atoms with van der Waals surface area (Å²) < 4.78 is 0. The Labute approximate surface area is 147 Å². The molecule has 2 aromatic carbocycles. The van der Waals surface area contributed by atoms with Crippen molar-refractivity contribution in [3.63, 3.8) is 0 Å². The van der Waals surface area contributed by atoms with E-state index in [1.54, 1.807) is 0 Å². The molecular weight excluding hydrogens is 294 g/mol. The molecule has 2 atom stereocenters. The van der Waals surface area contributed by atoms with Crippen molar-refractivity contribution in [2.45, 2.75) is 52.1 Å². The van der Waals surface area contributed by atoms with Crippen molar-refractivity contribution in [2.24, 2.45) is 5.92 Å². The number of benzene rings is 2. The molecule has 2 heteroatoms. The average Bonchev–Trinajstić information content (AvgIpc) is 2.59. The molecular formula is C22H31NO. The standard InChI is InChI=1S/C22H31NO/c1-17(2)22(15-20(16-24)19-11-7-5-8-12-19)23(18(3)4)21-13-9-6-10-14-21/h5-14,17-18,20,22,24H,15-16H2,1-4H3. The van der Waals surface area contributed by atoms with Gasteiger partial charge in [0.2, 0.25) is 0 Å². The molecule has 2 nitrogen and oxygen atoms in total. The monoisotopic (exact) mass is 325 g/mol. The lowest BCUT2D eigenvalue weighted by atomic mass is 9.86. The molecule has 0 bridgehead atoms. The normalized spacial score (nSPS) is 14.0. The fourth-order valence-electron chi connectivity index (χ4n) is 3.51. The summed E-state index contributed by atoms with van der Waals surface area (Å²) in [5.74, 6) is 0.675. The Morgan fingerprint density at radius 1 is 0.833 bits per heavy atom. The highest BCUT2D eigenvalue weighted by Gasteiger charge is 2.28. The first kappa shape index (κ1) is 18.5. The van der Waals surface area contributed by atoms with E-state index in [4.69, 9.17) is 0 Å². The molecule has 24 heavy (non-hydrogen) atoms. The summed E-state index contributed by atoms with van der Waals surface area (Å²) in [6.45, 7) is 9.25. The lowest BCUT2D eigenvalue weighted by Crippen LogP contribution is -2.44. The number of para-hydroxylation sites is 1. The van der Waals surface area contributed by atoms with Crippen molar-refractivity contribution in [2.75, 3.05) is 11.5 Å². The zero-order valence-corrected chi connectivity index (χ0v) is 15.4. The van der Waals surface area contributed by atoms with Crippen molar-refractivity contribution < 1.29 is 5.11 Å². The predicted octanol–water partition coefficient (Wildman–Crippen LogP) is 5.09. The van der Waals surface area contributed by atoms with Crippen molar-refractivity contribution in [3.8, 4) is 0 Å². The van der Waals surface area contributed by atoms with E-state index >= 15 is 0 Å². The highest BCUT2D eigenvalue weighted by atomic mass is 16.3. The highest BCUT2D eigenvalue weighted by Crippen LogP contribution is 2.31. The average molecular weight is 325 g/mol. The Balaban J connectivity index is 2.29. The van der Waals surface area contributed by atoms with Crippen molar-refractivity contribution in [3.05, 3.63) is 66.2 Å². The molecule has 0 saturated heterocycles. The summed E-state index contributed by atoms with van der Waals surface area (Å²) >= 11 is 0. The lowest BCUT2D eigenvalue weighted by molar-refractivity contribution is 0.241. The number of hydrogen-bond donors (Lipinski definition) is 1. The van der Waals surface area contributed by atoms with Crippen LogP contribution in [0.5, 0.6) is 0 Å². The fourth-order valence-corrected chi connectivity index (χ4v) is 3.51. The Kier molecular flexibility index (Phi) is 6.86. The molecule has 2 unspecified atom stereocenters.